The van der Waals surface area contributed by atoms with Crippen LogP contribution in [0.1, 0.15) is 17.4 Å². The maximum absolute atomic E-state index is 11.9. The number of nitrogens with one attached hydrogen (secondary N) is 2. The van der Waals surface area contributed by atoms with E-state index >= 15 is 0 Å². The Hall–Kier alpha value is -1.83. The minimum absolute atomic E-state index is 0.398. The number of hydrogen-bond acceptors (Lipinski definition) is 4. The molecular formula is C14H14Cl2N4O2S. The molecule has 122 valence electrons. The van der Waals surface area contributed by atoms with Gasteiger partial charge in [0.25, 0.3) is 0 Å². The Morgan fingerprint density at radius 3 is 2.83 bits per heavy atom. The Kier molecular flexibility index (Phi) is 5.81. The molecule has 4 N–H and O–H groups in total. The number of halogens is 2. The standard InChI is InChI=1S/C14H14Cl2N4O2S/c1-7(19-13(17)22)12(21)20-14-18-6-10(23-14)5-8-4-9(15)2-3-11(8)16/h2-4,6-7H,5H2,1H3,(H3,17,19,22)(H,18,20,21). The Morgan fingerprint density at radius 1 is 1.39 bits per heavy atom. The lowest BCUT2D eigenvalue weighted by Gasteiger charge is -2.10. The number of aromatic nitrogens is 1. The maximum Gasteiger partial charge on any atom is 0.312 e. The topological polar surface area (TPSA) is 97.1 Å². The van der Waals surface area contributed by atoms with Gasteiger partial charge in [-0.1, -0.05) is 23.2 Å². The van der Waals surface area contributed by atoms with Gasteiger partial charge >= 0.3 is 6.03 Å². The minimum atomic E-state index is -0.761. The molecule has 0 aliphatic rings. The van der Waals surface area contributed by atoms with Gasteiger partial charge in [-0.25, -0.2) is 9.78 Å². The molecule has 9 heteroatoms. The molecule has 1 aromatic carbocycles. The first-order valence-electron chi connectivity index (χ1n) is 6.60. The molecule has 0 saturated heterocycles. The third kappa shape index (κ3) is 5.09. The van der Waals surface area contributed by atoms with Gasteiger partial charge in [-0.3, -0.25) is 4.79 Å². The predicted molar refractivity (Wildman–Crippen MR) is 92.2 cm³/mol. The van der Waals surface area contributed by atoms with Crippen molar-refractivity contribution in [2.24, 2.45) is 5.73 Å². The number of carbonyl (C=O) groups is 2. The SMILES string of the molecule is CC(NC(N)=O)C(=O)Nc1ncc(Cc2cc(Cl)ccc2Cl)s1. The highest BCUT2D eigenvalue weighted by molar-refractivity contribution is 7.15. The lowest BCUT2D eigenvalue weighted by Crippen LogP contribution is -2.44. The molecule has 0 radical (unpaired) electrons. The molecule has 0 bridgehead atoms. The summed E-state index contributed by atoms with van der Waals surface area (Å²) in [7, 11) is 0. The van der Waals surface area contributed by atoms with E-state index in [1.807, 2.05) is 0 Å². The van der Waals surface area contributed by atoms with Crippen LogP contribution < -0.4 is 16.4 Å². The highest BCUT2D eigenvalue weighted by atomic mass is 35.5. The summed E-state index contributed by atoms with van der Waals surface area (Å²) < 4.78 is 0. The van der Waals surface area contributed by atoms with Gasteiger partial charge in [0.1, 0.15) is 6.04 Å². The van der Waals surface area contributed by atoms with Crippen LogP contribution in [0.25, 0.3) is 0 Å². The molecule has 0 aliphatic carbocycles. The summed E-state index contributed by atoms with van der Waals surface area (Å²) in [6.07, 6.45) is 2.21. The first-order valence-corrected chi connectivity index (χ1v) is 8.18. The number of rotatable bonds is 5. The molecule has 23 heavy (non-hydrogen) atoms. The van der Waals surface area contributed by atoms with Gasteiger partial charge in [-0.05, 0) is 30.7 Å². The predicted octanol–water partition coefficient (Wildman–Crippen LogP) is 3.04. The van der Waals surface area contributed by atoms with E-state index in [4.69, 9.17) is 28.9 Å². The Labute approximate surface area is 147 Å². The van der Waals surface area contributed by atoms with Crippen molar-refractivity contribution in [3.05, 3.63) is 44.9 Å². The van der Waals surface area contributed by atoms with E-state index in [2.05, 4.69) is 15.6 Å². The largest absolute Gasteiger partial charge is 0.352 e. The monoisotopic (exact) mass is 372 g/mol. The summed E-state index contributed by atoms with van der Waals surface area (Å²) in [5, 5.41) is 6.57. The van der Waals surface area contributed by atoms with Gasteiger partial charge < -0.3 is 16.4 Å². The average molecular weight is 373 g/mol. The number of hydrogen-bond donors (Lipinski definition) is 3. The van der Waals surface area contributed by atoms with Gasteiger partial charge in [0.15, 0.2) is 5.13 Å². The van der Waals surface area contributed by atoms with E-state index < -0.39 is 18.0 Å². The fraction of sp³-hybridized carbons (Fsp3) is 0.214. The average Bonchev–Trinajstić information content (AvgIpc) is 2.89. The molecule has 1 unspecified atom stereocenters. The Morgan fingerprint density at radius 2 is 2.13 bits per heavy atom. The minimum Gasteiger partial charge on any atom is -0.352 e. The quantitative estimate of drug-likeness (QED) is 0.752. The summed E-state index contributed by atoms with van der Waals surface area (Å²) in [6, 6.07) is 3.74. The van der Waals surface area contributed by atoms with Gasteiger partial charge in [0.05, 0.1) is 0 Å². The first-order chi connectivity index (χ1) is 10.8. The van der Waals surface area contributed by atoms with Gasteiger partial charge in [-0.2, -0.15) is 0 Å². The van der Waals surface area contributed by atoms with E-state index in [0.29, 0.717) is 21.6 Å². The van der Waals surface area contributed by atoms with Crippen molar-refractivity contribution >= 4 is 51.6 Å². The van der Waals surface area contributed by atoms with E-state index in [0.717, 1.165) is 10.4 Å². The summed E-state index contributed by atoms with van der Waals surface area (Å²) in [4.78, 5) is 27.6. The zero-order valence-electron chi connectivity index (χ0n) is 12.1. The second-order valence-electron chi connectivity index (χ2n) is 4.76. The van der Waals surface area contributed by atoms with Crippen LogP contribution in [-0.2, 0) is 11.2 Å². The third-order valence-corrected chi connectivity index (χ3v) is 4.42. The van der Waals surface area contributed by atoms with Gasteiger partial charge in [-0.15, -0.1) is 11.3 Å². The Bertz CT molecular complexity index is 735. The van der Waals surface area contributed by atoms with E-state index in [1.54, 1.807) is 24.4 Å². The second-order valence-corrected chi connectivity index (χ2v) is 6.72. The van der Waals surface area contributed by atoms with Crippen molar-refractivity contribution in [2.45, 2.75) is 19.4 Å². The van der Waals surface area contributed by atoms with Crippen molar-refractivity contribution < 1.29 is 9.59 Å². The lowest BCUT2D eigenvalue weighted by molar-refractivity contribution is -0.117. The number of amides is 3. The molecule has 0 spiro atoms. The van der Waals surface area contributed by atoms with Crippen molar-refractivity contribution in [3.63, 3.8) is 0 Å². The van der Waals surface area contributed by atoms with Crippen LogP contribution in [0.4, 0.5) is 9.93 Å². The molecule has 2 rings (SSSR count). The summed E-state index contributed by atoms with van der Waals surface area (Å²) in [5.74, 6) is -0.398. The summed E-state index contributed by atoms with van der Waals surface area (Å²) in [5.41, 5.74) is 5.85. The second kappa shape index (κ2) is 7.63. The smallest absolute Gasteiger partial charge is 0.312 e. The van der Waals surface area contributed by atoms with Crippen LogP contribution in [0.3, 0.4) is 0 Å². The normalized spacial score (nSPS) is 11.8. The van der Waals surface area contributed by atoms with E-state index in [-0.39, 0.29) is 0 Å². The molecular weight excluding hydrogens is 359 g/mol. The third-order valence-electron chi connectivity index (χ3n) is 2.91. The van der Waals surface area contributed by atoms with E-state index in [9.17, 15) is 9.59 Å². The molecule has 3 amide bonds. The van der Waals surface area contributed by atoms with Gasteiger partial charge in [0, 0.05) is 27.5 Å². The van der Waals surface area contributed by atoms with Crippen molar-refractivity contribution in [3.8, 4) is 0 Å². The molecule has 0 saturated carbocycles. The summed E-state index contributed by atoms with van der Waals surface area (Å²) >= 11 is 13.4. The number of urea groups is 1. The fourth-order valence-electron chi connectivity index (χ4n) is 1.81. The molecule has 1 aromatic heterocycles. The fourth-order valence-corrected chi connectivity index (χ4v) is 3.02. The number of carbonyl (C=O) groups excluding carboxylic acids is 2. The zero-order chi connectivity index (χ0) is 17.0. The summed E-state index contributed by atoms with van der Waals surface area (Å²) in [6.45, 7) is 1.53. The molecule has 0 aliphatic heterocycles. The Balaban J connectivity index is 2.02. The van der Waals surface area contributed by atoms with Crippen LogP contribution >= 0.6 is 34.5 Å². The lowest BCUT2D eigenvalue weighted by atomic mass is 10.1. The maximum atomic E-state index is 11.9. The van der Waals surface area contributed by atoms with Crippen LogP contribution in [0.15, 0.2) is 24.4 Å². The highest BCUT2D eigenvalue weighted by Gasteiger charge is 2.16. The van der Waals surface area contributed by atoms with Gasteiger partial charge in [0.2, 0.25) is 5.91 Å². The molecule has 1 heterocycles. The number of benzene rings is 1. The van der Waals surface area contributed by atoms with Crippen LogP contribution in [0.2, 0.25) is 10.0 Å². The molecule has 6 nitrogen and oxygen atoms in total. The van der Waals surface area contributed by atoms with Crippen LogP contribution in [0, 0.1) is 0 Å². The van der Waals surface area contributed by atoms with Crippen molar-refractivity contribution in [1.29, 1.82) is 0 Å². The zero-order valence-corrected chi connectivity index (χ0v) is 14.4. The molecule has 1 atom stereocenters. The van der Waals surface area contributed by atoms with Crippen LogP contribution in [-0.4, -0.2) is 23.0 Å². The highest BCUT2D eigenvalue weighted by Crippen LogP contribution is 2.26. The number of nitrogens with zero attached hydrogens (tertiary/aromatic N) is 1. The number of anilines is 1. The number of thiazole rings is 1. The number of nitrogens with two attached hydrogens (primary N) is 1. The van der Waals surface area contributed by atoms with Crippen molar-refractivity contribution in [1.82, 2.24) is 10.3 Å². The first kappa shape index (κ1) is 17.5. The number of primary amides is 1. The van der Waals surface area contributed by atoms with Crippen molar-refractivity contribution in [2.75, 3.05) is 5.32 Å². The molecule has 2 aromatic rings. The molecule has 0 fully saturated rings. The van der Waals surface area contributed by atoms with E-state index in [1.165, 1.54) is 18.3 Å². The van der Waals surface area contributed by atoms with Crippen LogP contribution in [0.5, 0.6) is 0 Å².